The molecule has 2 nitrogen and oxygen atoms in total. The molecule has 0 aromatic heterocycles. The van der Waals surface area contributed by atoms with Crippen LogP contribution in [0.4, 0.5) is 10.1 Å². The highest BCUT2D eigenvalue weighted by Gasteiger charge is 2.30. The average Bonchev–Trinajstić information content (AvgIpc) is 2.65. The molecule has 0 atom stereocenters. The second-order valence-corrected chi connectivity index (χ2v) is 5.95. The van der Waals surface area contributed by atoms with E-state index in [1.54, 1.807) is 0 Å². The van der Waals surface area contributed by atoms with Gasteiger partial charge in [0.1, 0.15) is 5.82 Å². The van der Waals surface area contributed by atoms with Gasteiger partial charge in [-0.2, -0.15) is 0 Å². The van der Waals surface area contributed by atoms with Crippen LogP contribution in [0, 0.1) is 11.2 Å². The highest BCUT2D eigenvalue weighted by atomic mass is 19.1. The van der Waals surface area contributed by atoms with Crippen molar-refractivity contribution in [1.29, 1.82) is 0 Å². The number of anilines is 1. The number of nitrogens with two attached hydrogens (primary N) is 1. The van der Waals surface area contributed by atoms with Gasteiger partial charge in [-0.1, -0.05) is 25.7 Å². The summed E-state index contributed by atoms with van der Waals surface area (Å²) in [5.74, 6) is -0.180. The molecule has 0 bridgehead atoms. The van der Waals surface area contributed by atoms with Crippen molar-refractivity contribution in [3.8, 4) is 0 Å². The van der Waals surface area contributed by atoms with E-state index in [0.717, 1.165) is 18.8 Å². The minimum atomic E-state index is -0.180. The monoisotopic (exact) mass is 264 g/mol. The highest BCUT2D eigenvalue weighted by molar-refractivity contribution is 5.45. The fraction of sp³-hybridized carbons (Fsp3) is 0.625. The van der Waals surface area contributed by atoms with Crippen molar-refractivity contribution in [3.05, 3.63) is 30.1 Å². The zero-order chi connectivity index (χ0) is 13.7. The number of hydrogen-bond acceptors (Lipinski definition) is 2. The summed E-state index contributed by atoms with van der Waals surface area (Å²) in [6.07, 6.45) is 7.68. The molecule has 0 radical (unpaired) electrons. The lowest BCUT2D eigenvalue weighted by Crippen LogP contribution is -2.41. The van der Waals surface area contributed by atoms with Gasteiger partial charge in [-0.15, -0.1) is 0 Å². The van der Waals surface area contributed by atoms with Gasteiger partial charge in [-0.25, -0.2) is 4.39 Å². The van der Waals surface area contributed by atoms with Crippen LogP contribution >= 0.6 is 0 Å². The van der Waals surface area contributed by atoms with E-state index in [4.69, 9.17) is 5.73 Å². The van der Waals surface area contributed by atoms with Gasteiger partial charge >= 0.3 is 0 Å². The van der Waals surface area contributed by atoms with Crippen molar-refractivity contribution in [2.45, 2.75) is 38.5 Å². The summed E-state index contributed by atoms with van der Waals surface area (Å²) in [7, 11) is 2.08. The molecule has 3 heteroatoms. The Bertz CT molecular complexity index is 380. The van der Waals surface area contributed by atoms with Crippen molar-refractivity contribution in [1.82, 2.24) is 0 Å². The summed E-state index contributed by atoms with van der Waals surface area (Å²) < 4.78 is 13.0. The van der Waals surface area contributed by atoms with E-state index in [-0.39, 0.29) is 11.2 Å². The van der Waals surface area contributed by atoms with Crippen LogP contribution in [0.3, 0.4) is 0 Å². The predicted molar refractivity (Wildman–Crippen MR) is 78.9 cm³/mol. The highest BCUT2D eigenvalue weighted by Crippen LogP contribution is 2.35. The number of rotatable bonds is 4. The lowest BCUT2D eigenvalue weighted by atomic mass is 9.80. The molecule has 1 aliphatic rings. The summed E-state index contributed by atoms with van der Waals surface area (Å²) in [5, 5.41) is 0. The normalized spacial score (nSPS) is 18.9. The van der Waals surface area contributed by atoms with Crippen molar-refractivity contribution >= 4 is 5.69 Å². The topological polar surface area (TPSA) is 29.3 Å². The first-order chi connectivity index (χ1) is 9.15. The maximum absolute atomic E-state index is 13.0. The third kappa shape index (κ3) is 3.69. The Hall–Kier alpha value is -1.09. The van der Waals surface area contributed by atoms with Gasteiger partial charge in [-0.3, -0.25) is 0 Å². The third-order valence-corrected chi connectivity index (χ3v) is 4.44. The number of benzene rings is 1. The molecule has 1 fully saturated rings. The van der Waals surface area contributed by atoms with Crippen LogP contribution in [0.1, 0.15) is 38.5 Å². The standard InChI is InChI=1S/C16H25FN2/c1-19(15-8-6-14(17)7-9-15)13-16(12-18)10-4-2-3-5-11-16/h6-9H,2-5,10-13,18H2,1H3. The molecule has 0 amide bonds. The van der Waals surface area contributed by atoms with Crippen LogP contribution in [-0.2, 0) is 0 Å². The van der Waals surface area contributed by atoms with Gasteiger partial charge in [0.05, 0.1) is 0 Å². The van der Waals surface area contributed by atoms with Crippen LogP contribution in [-0.4, -0.2) is 20.1 Å². The first-order valence-corrected chi connectivity index (χ1v) is 7.32. The second kappa shape index (κ2) is 6.38. The summed E-state index contributed by atoms with van der Waals surface area (Å²) in [6.45, 7) is 1.72. The molecule has 0 spiro atoms. The number of hydrogen-bond donors (Lipinski definition) is 1. The Balaban J connectivity index is 2.06. The van der Waals surface area contributed by atoms with E-state index in [9.17, 15) is 4.39 Å². The molecule has 1 aromatic rings. The molecule has 106 valence electrons. The summed E-state index contributed by atoms with van der Waals surface area (Å²) >= 11 is 0. The van der Waals surface area contributed by atoms with Crippen molar-refractivity contribution in [2.75, 3.05) is 25.0 Å². The molecular weight excluding hydrogens is 239 g/mol. The van der Waals surface area contributed by atoms with Crippen LogP contribution in [0.25, 0.3) is 0 Å². The summed E-state index contributed by atoms with van der Waals surface area (Å²) in [4.78, 5) is 2.22. The van der Waals surface area contributed by atoms with E-state index >= 15 is 0 Å². The van der Waals surface area contributed by atoms with Crippen LogP contribution in [0.5, 0.6) is 0 Å². The van der Waals surface area contributed by atoms with Gasteiger partial charge in [-0.05, 0) is 43.7 Å². The molecule has 19 heavy (non-hydrogen) atoms. The van der Waals surface area contributed by atoms with Gasteiger partial charge < -0.3 is 10.6 Å². The largest absolute Gasteiger partial charge is 0.374 e. The average molecular weight is 264 g/mol. The molecule has 0 heterocycles. The van der Waals surface area contributed by atoms with E-state index in [1.165, 1.54) is 50.7 Å². The predicted octanol–water partition coefficient (Wildman–Crippen LogP) is 3.56. The molecule has 1 saturated carbocycles. The van der Waals surface area contributed by atoms with Gasteiger partial charge in [0.25, 0.3) is 0 Å². The smallest absolute Gasteiger partial charge is 0.123 e. The summed E-state index contributed by atoms with van der Waals surface area (Å²) in [5.41, 5.74) is 7.38. The maximum atomic E-state index is 13.0. The molecule has 0 aliphatic heterocycles. The molecule has 0 unspecified atom stereocenters. The minimum Gasteiger partial charge on any atom is -0.374 e. The Morgan fingerprint density at radius 3 is 2.21 bits per heavy atom. The molecule has 2 rings (SSSR count). The van der Waals surface area contributed by atoms with Crippen molar-refractivity contribution in [2.24, 2.45) is 11.1 Å². The quantitative estimate of drug-likeness (QED) is 0.843. The minimum absolute atomic E-state index is 0.180. The van der Waals surface area contributed by atoms with Crippen LogP contribution in [0.15, 0.2) is 24.3 Å². The SMILES string of the molecule is CN(CC1(CN)CCCCCC1)c1ccc(F)cc1. The maximum Gasteiger partial charge on any atom is 0.123 e. The van der Waals surface area contributed by atoms with Crippen LogP contribution < -0.4 is 10.6 Å². The lowest BCUT2D eigenvalue weighted by molar-refractivity contribution is 0.262. The fourth-order valence-electron chi connectivity index (χ4n) is 3.20. The van der Waals surface area contributed by atoms with E-state index < -0.39 is 0 Å². The Morgan fingerprint density at radius 2 is 1.68 bits per heavy atom. The molecule has 1 aliphatic carbocycles. The second-order valence-electron chi connectivity index (χ2n) is 5.95. The van der Waals surface area contributed by atoms with E-state index in [1.807, 2.05) is 12.1 Å². The van der Waals surface area contributed by atoms with E-state index in [0.29, 0.717) is 0 Å². The van der Waals surface area contributed by atoms with Gasteiger partial charge in [0.15, 0.2) is 0 Å². The number of halogens is 1. The first kappa shape index (κ1) is 14.3. The Morgan fingerprint density at radius 1 is 1.11 bits per heavy atom. The Kier molecular flexibility index (Phi) is 4.81. The Labute approximate surface area is 115 Å². The molecule has 0 saturated heterocycles. The van der Waals surface area contributed by atoms with Crippen LogP contribution in [0.2, 0.25) is 0 Å². The fourth-order valence-corrected chi connectivity index (χ4v) is 3.20. The molecule has 1 aromatic carbocycles. The van der Waals surface area contributed by atoms with Gasteiger partial charge in [0.2, 0.25) is 0 Å². The van der Waals surface area contributed by atoms with Crippen molar-refractivity contribution in [3.63, 3.8) is 0 Å². The molecular formula is C16H25FN2. The van der Waals surface area contributed by atoms with Crippen molar-refractivity contribution < 1.29 is 4.39 Å². The van der Waals surface area contributed by atoms with Gasteiger partial charge in [0, 0.05) is 24.7 Å². The zero-order valence-corrected chi connectivity index (χ0v) is 11.9. The zero-order valence-electron chi connectivity index (χ0n) is 11.9. The van der Waals surface area contributed by atoms with E-state index in [2.05, 4.69) is 11.9 Å². The third-order valence-electron chi connectivity index (χ3n) is 4.44. The summed E-state index contributed by atoms with van der Waals surface area (Å²) in [6, 6.07) is 6.73. The lowest BCUT2D eigenvalue weighted by Gasteiger charge is -2.36. The number of nitrogens with zero attached hydrogens (tertiary/aromatic N) is 1. The first-order valence-electron chi connectivity index (χ1n) is 7.32. The molecule has 2 N–H and O–H groups in total.